The van der Waals surface area contributed by atoms with Gasteiger partial charge in [-0.05, 0) is 0 Å². The number of nitrogens with zero attached hydrogens (tertiary/aromatic N) is 1. The summed E-state index contributed by atoms with van der Waals surface area (Å²) in [6.45, 7) is 0. The Kier molecular flexibility index (Phi) is 3.53. The van der Waals surface area contributed by atoms with Gasteiger partial charge < -0.3 is 0 Å². The van der Waals surface area contributed by atoms with Crippen molar-refractivity contribution >= 4 is 38.3 Å². The molecule has 13 heavy (non-hydrogen) atoms. The van der Waals surface area contributed by atoms with Crippen molar-refractivity contribution in [3.63, 3.8) is 0 Å². The number of hydrogen-bond acceptors (Lipinski definition) is 3. The predicted molar refractivity (Wildman–Crippen MR) is 65.5 cm³/mol. The summed E-state index contributed by atoms with van der Waals surface area (Å²) in [6, 6.07) is 10.7. The molecule has 0 unspecified atom stereocenters. The van der Waals surface area contributed by atoms with Crippen molar-refractivity contribution < 1.29 is 0 Å². The molecule has 1 nitrogen and oxygen atoms in total. The van der Waals surface area contributed by atoms with Gasteiger partial charge in [-0.15, -0.1) is 0 Å². The van der Waals surface area contributed by atoms with Gasteiger partial charge >= 0.3 is 91.0 Å². The fourth-order valence-corrected chi connectivity index (χ4v) is 15.1. The fraction of sp³-hybridized carbons (Fsp3) is 0.333. The first-order valence-electron chi connectivity index (χ1n) is 4.22. The molecule has 0 radical (unpaired) electrons. The predicted octanol–water partition coefficient (Wildman–Crippen LogP) is 2.59. The number of anilines is 1. The molecule has 1 fully saturated rings. The summed E-state index contributed by atoms with van der Waals surface area (Å²) in [5.74, 6) is 2.70. The van der Waals surface area contributed by atoms with Crippen molar-refractivity contribution in [3.05, 3.63) is 30.3 Å². The first kappa shape index (κ1) is 9.82. The minimum absolute atomic E-state index is 0.803. The average Bonchev–Trinajstić information content (AvgIpc) is 2.71. The van der Waals surface area contributed by atoms with Crippen molar-refractivity contribution in [3.8, 4) is 0 Å². The van der Waals surface area contributed by atoms with Crippen LogP contribution in [-0.2, 0) is 0 Å². The maximum atomic E-state index is 2.50. The molecule has 0 amide bonds. The SMILES string of the molecule is CN(c1ccccc1)[As]1SCCS1. The average molecular weight is 273 g/mol. The molecule has 0 saturated carbocycles. The van der Waals surface area contributed by atoms with Crippen LogP contribution in [-0.4, -0.2) is 31.1 Å². The van der Waals surface area contributed by atoms with Crippen LogP contribution in [0.1, 0.15) is 0 Å². The van der Waals surface area contributed by atoms with E-state index in [0.717, 1.165) is 0 Å². The summed E-state index contributed by atoms with van der Waals surface area (Å²) in [4.78, 5) is 0. The van der Waals surface area contributed by atoms with Crippen molar-refractivity contribution in [2.75, 3.05) is 22.4 Å². The van der Waals surface area contributed by atoms with Crippen LogP contribution in [0.15, 0.2) is 30.3 Å². The normalized spacial score (nSPS) is 17.6. The van der Waals surface area contributed by atoms with E-state index in [0.29, 0.717) is 0 Å². The molecule has 1 aromatic rings. The van der Waals surface area contributed by atoms with Crippen molar-refractivity contribution in [1.82, 2.24) is 0 Å². The molecular weight excluding hydrogens is 261 g/mol. The van der Waals surface area contributed by atoms with Crippen LogP contribution in [0.25, 0.3) is 0 Å². The second-order valence-electron chi connectivity index (χ2n) is 2.76. The van der Waals surface area contributed by atoms with Crippen LogP contribution in [0.3, 0.4) is 0 Å². The molecule has 4 heteroatoms. The van der Waals surface area contributed by atoms with Crippen LogP contribution < -0.4 is 3.82 Å². The quantitative estimate of drug-likeness (QED) is 0.763. The van der Waals surface area contributed by atoms with Crippen LogP contribution in [0.5, 0.6) is 0 Å². The Hall–Kier alpha value is 0.278. The van der Waals surface area contributed by atoms with Crippen molar-refractivity contribution in [1.29, 1.82) is 0 Å². The Morgan fingerprint density at radius 1 is 1.15 bits per heavy atom. The maximum absolute atomic E-state index is 2.50. The summed E-state index contributed by atoms with van der Waals surface area (Å²) in [5, 5.41) is 0. The number of benzene rings is 1. The number of para-hydroxylation sites is 1. The minimum atomic E-state index is -0.803. The molecule has 1 saturated heterocycles. The van der Waals surface area contributed by atoms with E-state index in [2.05, 4.69) is 61.2 Å². The van der Waals surface area contributed by atoms with Crippen molar-refractivity contribution in [2.45, 2.75) is 0 Å². The molecule has 70 valence electrons. The van der Waals surface area contributed by atoms with E-state index in [4.69, 9.17) is 0 Å². The van der Waals surface area contributed by atoms with E-state index in [-0.39, 0.29) is 0 Å². The number of rotatable bonds is 2. The molecule has 1 aliphatic heterocycles. The molecule has 0 bridgehead atoms. The third-order valence-corrected chi connectivity index (χ3v) is 15.8. The standard InChI is InChI=1S/C9H12AsNS2/c1-11(10-12-7-8-13-10)9-5-3-2-4-6-9/h2-6H,7-8H2,1H3. The summed E-state index contributed by atoms with van der Waals surface area (Å²) in [6.07, 6.45) is 0. The van der Waals surface area contributed by atoms with Gasteiger partial charge in [-0.3, -0.25) is 0 Å². The van der Waals surface area contributed by atoms with Crippen LogP contribution in [0.4, 0.5) is 5.69 Å². The van der Waals surface area contributed by atoms with Crippen LogP contribution in [0.2, 0.25) is 0 Å². The van der Waals surface area contributed by atoms with E-state index in [1.54, 1.807) is 0 Å². The molecular formula is C9H12AsNS2. The Morgan fingerprint density at radius 3 is 2.38 bits per heavy atom. The van der Waals surface area contributed by atoms with E-state index in [9.17, 15) is 0 Å². The third kappa shape index (κ3) is 2.39. The summed E-state index contributed by atoms with van der Waals surface area (Å²) in [7, 11) is 6.60. The molecule has 1 aliphatic rings. The molecule has 0 aromatic heterocycles. The zero-order valence-corrected chi connectivity index (χ0v) is 11.0. The van der Waals surface area contributed by atoms with Gasteiger partial charge in [0.2, 0.25) is 0 Å². The van der Waals surface area contributed by atoms with Gasteiger partial charge in [0.25, 0.3) is 0 Å². The van der Waals surface area contributed by atoms with Gasteiger partial charge in [-0.2, -0.15) is 0 Å². The second kappa shape index (κ2) is 4.67. The Labute approximate surface area is 90.7 Å². The molecule has 0 aliphatic carbocycles. The Bertz CT molecular complexity index is 262. The number of hydrogen-bond donors (Lipinski definition) is 0. The summed E-state index contributed by atoms with van der Waals surface area (Å²) in [5.41, 5.74) is 1.38. The molecule has 1 aromatic carbocycles. The summed E-state index contributed by atoms with van der Waals surface area (Å²) < 4.78 is 2.50. The fourth-order valence-electron chi connectivity index (χ4n) is 1.18. The van der Waals surface area contributed by atoms with Crippen molar-refractivity contribution in [2.24, 2.45) is 0 Å². The van der Waals surface area contributed by atoms with Crippen LogP contribution >= 0.6 is 20.0 Å². The van der Waals surface area contributed by atoms with Gasteiger partial charge in [0, 0.05) is 0 Å². The van der Waals surface area contributed by atoms with E-state index >= 15 is 0 Å². The van der Waals surface area contributed by atoms with Crippen LogP contribution in [0, 0.1) is 0 Å². The van der Waals surface area contributed by atoms with E-state index in [1.807, 2.05) is 0 Å². The zero-order valence-electron chi connectivity index (χ0n) is 7.51. The van der Waals surface area contributed by atoms with Gasteiger partial charge in [0.05, 0.1) is 0 Å². The van der Waals surface area contributed by atoms with E-state index < -0.39 is 12.6 Å². The third-order valence-electron chi connectivity index (χ3n) is 1.86. The monoisotopic (exact) mass is 273 g/mol. The zero-order chi connectivity index (χ0) is 9.10. The van der Waals surface area contributed by atoms with Gasteiger partial charge in [0.15, 0.2) is 0 Å². The van der Waals surface area contributed by atoms with Gasteiger partial charge in [-0.25, -0.2) is 0 Å². The molecule has 0 N–H and O–H groups in total. The van der Waals surface area contributed by atoms with E-state index in [1.165, 1.54) is 17.2 Å². The Balaban J connectivity index is 2.08. The molecule has 0 spiro atoms. The van der Waals surface area contributed by atoms with Gasteiger partial charge in [0.1, 0.15) is 0 Å². The Morgan fingerprint density at radius 2 is 1.77 bits per heavy atom. The molecule has 1 heterocycles. The first-order chi connectivity index (χ1) is 6.38. The first-order valence-corrected chi connectivity index (χ1v) is 11.5. The molecule has 0 atom stereocenters. The summed E-state index contributed by atoms with van der Waals surface area (Å²) >= 11 is -0.803. The topological polar surface area (TPSA) is 3.24 Å². The second-order valence-corrected chi connectivity index (χ2v) is 14.4. The molecule has 2 rings (SSSR count). The van der Waals surface area contributed by atoms with Gasteiger partial charge in [-0.1, -0.05) is 0 Å².